The van der Waals surface area contributed by atoms with Gasteiger partial charge in [-0.1, -0.05) is 0 Å². The van der Waals surface area contributed by atoms with Crippen LogP contribution in [0.15, 0.2) is 18.2 Å². The fourth-order valence-electron chi connectivity index (χ4n) is 1.60. The quantitative estimate of drug-likeness (QED) is 0.748. The zero-order valence-corrected chi connectivity index (χ0v) is 11.5. The highest BCUT2D eigenvalue weighted by Gasteiger charge is 2.11. The van der Waals surface area contributed by atoms with E-state index in [1.807, 2.05) is 13.8 Å². The second-order valence-corrected chi connectivity index (χ2v) is 4.75. The topological polar surface area (TPSA) is 41.6 Å². The van der Waals surface area contributed by atoms with Crippen molar-refractivity contribution < 1.29 is 4.39 Å². The smallest absolute Gasteiger partial charge is 0.143 e. The lowest BCUT2D eigenvalue weighted by atomic mass is 10.2. The second kappa shape index (κ2) is 4.45. The summed E-state index contributed by atoms with van der Waals surface area (Å²) in [4.78, 5) is 0. The van der Waals surface area contributed by atoms with Crippen LogP contribution in [0, 0.1) is 34.6 Å². The first kappa shape index (κ1) is 12.0. The summed E-state index contributed by atoms with van der Waals surface area (Å²) in [5.41, 5.74) is 2.55. The monoisotopic (exact) mass is 341 g/mol. The molecule has 3 nitrogen and oxygen atoms in total. The summed E-state index contributed by atoms with van der Waals surface area (Å²) in [6.07, 6.45) is 0. The van der Waals surface area contributed by atoms with E-state index in [1.165, 1.54) is 12.1 Å². The third kappa shape index (κ3) is 2.05. The number of aromatic nitrogens is 2. The Morgan fingerprint density at radius 1 is 1.41 bits per heavy atom. The van der Waals surface area contributed by atoms with Crippen LogP contribution in [-0.2, 0) is 0 Å². The Balaban J connectivity index is 2.58. The maximum atomic E-state index is 13.5. The van der Waals surface area contributed by atoms with E-state index in [0.29, 0.717) is 5.69 Å². The Morgan fingerprint density at radius 2 is 2.12 bits per heavy atom. The van der Waals surface area contributed by atoms with Crippen LogP contribution < -0.4 is 0 Å². The largest absolute Gasteiger partial charge is 0.237 e. The van der Waals surface area contributed by atoms with Crippen molar-refractivity contribution in [2.75, 3.05) is 0 Å². The molecule has 0 saturated carbocycles. The third-order valence-electron chi connectivity index (χ3n) is 2.52. The van der Waals surface area contributed by atoms with E-state index in [9.17, 15) is 4.39 Å². The third-order valence-corrected chi connectivity index (χ3v) is 4.08. The molecular formula is C12H9FIN3. The van der Waals surface area contributed by atoms with Crippen LogP contribution in [0.5, 0.6) is 0 Å². The summed E-state index contributed by atoms with van der Waals surface area (Å²) >= 11 is 2.21. The zero-order valence-electron chi connectivity index (χ0n) is 9.33. The number of hydrogen-bond donors (Lipinski definition) is 0. The van der Waals surface area contributed by atoms with Crippen molar-refractivity contribution in [3.63, 3.8) is 0 Å². The molecular weight excluding hydrogens is 332 g/mol. The average Bonchev–Trinajstić information content (AvgIpc) is 2.57. The molecule has 0 aliphatic carbocycles. The van der Waals surface area contributed by atoms with Gasteiger partial charge in [-0.15, -0.1) is 0 Å². The zero-order chi connectivity index (χ0) is 12.6. The molecule has 0 amide bonds. The fraction of sp³-hybridized carbons (Fsp3) is 0.167. The van der Waals surface area contributed by atoms with E-state index in [2.05, 4.69) is 27.7 Å². The standard InChI is InChI=1S/C12H9FIN3/c1-7-12(14)8(2)17(16-7)10-4-3-9(6-15)11(13)5-10/h3-5H,1-2H3. The van der Waals surface area contributed by atoms with Gasteiger partial charge in [0.2, 0.25) is 0 Å². The van der Waals surface area contributed by atoms with E-state index in [1.54, 1.807) is 16.8 Å². The normalized spacial score (nSPS) is 10.3. The molecule has 17 heavy (non-hydrogen) atoms. The number of hydrogen-bond acceptors (Lipinski definition) is 2. The van der Waals surface area contributed by atoms with Crippen molar-refractivity contribution in [1.82, 2.24) is 9.78 Å². The van der Waals surface area contributed by atoms with Crippen molar-refractivity contribution >= 4 is 22.6 Å². The molecule has 0 radical (unpaired) electrons. The predicted octanol–water partition coefficient (Wildman–Crippen LogP) is 3.10. The van der Waals surface area contributed by atoms with E-state index in [0.717, 1.165) is 15.0 Å². The lowest BCUT2D eigenvalue weighted by Gasteiger charge is -2.04. The van der Waals surface area contributed by atoms with Gasteiger partial charge in [0, 0.05) is 6.07 Å². The molecule has 0 aliphatic heterocycles. The van der Waals surface area contributed by atoms with E-state index < -0.39 is 5.82 Å². The number of benzene rings is 1. The maximum Gasteiger partial charge on any atom is 0.143 e. The van der Waals surface area contributed by atoms with Crippen molar-refractivity contribution in [2.24, 2.45) is 0 Å². The van der Waals surface area contributed by atoms with Gasteiger partial charge >= 0.3 is 0 Å². The minimum atomic E-state index is -0.521. The molecule has 0 saturated heterocycles. The van der Waals surface area contributed by atoms with Crippen LogP contribution >= 0.6 is 22.6 Å². The Bertz CT molecular complexity index is 625. The van der Waals surface area contributed by atoms with Gasteiger partial charge in [-0.25, -0.2) is 9.07 Å². The summed E-state index contributed by atoms with van der Waals surface area (Å²) in [6, 6.07) is 6.28. The highest BCUT2D eigenvalue weighted by atomic mass is 127. The Kier molecular flexibility index (Phi) is 3.15. The molecule has 1 aromatic heterocycles. The van der Waals surface area contributed by atoms with E-state index in [4.69, 9.17) is 5.26 Å². The van der Waals surface area contributed by atoms with Crippen LogP contribution in [0.2, 0.25) is 0 Å². The lowest BCUT2D eigenvalue weighted by molar-refractivity contribution is 0.621. The molecule has 0 atom stereocenters. The van der Waals surface area contributed by atoms with Gasteiger partial charge in [0.05, 0.1) is 26.2 Å². The number of nitriles is 1. The van der Waals surface area contributed by atoms with Gasteiger partial charge in [0.15, 0.2) is 0 Å². The highest BCUT2D eigenvalue weighted by molar-refractivity contribution is 14.1. The van der Waals surface area contributed by atoms with Crippen molar-refractivity contribution in [3.8, 4) is 11.8 Å². The van der Waals surface area contributed by atoms with Gasteiger partial charge in [-0.2, -0.15) is 10.4 Å². The minimum absolute atomic E-state index is 0.0463. The van der Waals surface area contributed by atoms with E-state index in [-0.39, 0.29) is 5.56 Å². The van der Waals surface area contributed by atoms with Crippen LogP contribution in [-0.4, -0.2) is 9.78 Å². The number of nitrogens with zero attached hydrogens (tertiary/aromatic N) is 3. The van der Waals surface area contributed by atoms with Crippen LogP contribution in [0.1, 0.15) is 17.0 Å². The summed E-state index contributed by atoms with van der Waals surface area (Å²) < 4.78 is 16.3. The van der Waals surface area contributed by atoms with Gasteiger partial charge in [-0.3, -0.25) is 0 Å². The van der Waals surface area contributed by atoms with Crippen LogP contribution in [0.25, 0.3) is 5.69 Å². The molecule has 5 heteroatoms. The minimum Gasteiger partial charge on any atom is -0.237 e. The van der Waals surface area contributed by atoms with Crippen molar-refractivity contribution in [1.29, 1.82) is 5.26 Å². The number of halogens is 2. The highest BCUT2D eigenvalue weighted by Crippen LogP contribution is 2.20. The first-order valence-electron chi connectivity index (χ1n) is 4.96. The summed E-state index contributed by atoms with van der Waals surface area (Å²) in [5, 5.41) is 13.0. The fourth-order valence-corrected chi connectivity index (χ4v) is 1.94. The SMILES string of the molecule is Cc1nn(-c2ccc(C#N)c(F)c2)c(C)c1I. The molecule has 86 valence electrons. The van der Waals surface area contributed by atoms with Crippen LogP contribution in [0.4, 0.5) is 4.39 Å². The van der Waals surface area contributed by atoms with Gasteiger partial charge in [-0.05, 0) is 48.6 Å². The molecule has 1 aromatic carbocycles. The van der Waals surface area contributed by atoms with Gasteiger partial charge in [0.25, 0.3) is 0 Å². The first-order valence-corrected chi connectivity index (χ1v) is 6.04. The lowest BCUT2D eigenvalue weighted by Crippen LogP contribution is -2.00. The second-order valence-electron chi connectivity index (χ2n) is 3.67. The van der Waals surface area contributed by atoms with Gasteiger partial charge < -0.3 is 0 Å². The average molecular weight is 341 g/mol. The summed E-state index contributed by atoms with van der Waals surface area (Å²) in [7, 11) is 0. The molecule has 2 rings (SSSR count). The van der Waals surface area contributed by atoms with Gasteiger partial charge in [0.1, 0.15) is 11.9 Å². The van der Waals surface area contributed by atoms with E-state index >= 15 is 0 Å². The molecule has 0 aliphatic rings. The Labute approximate surface area is 112 Å². The summed E-state index contributed by atoms with van der Waals surface area (Å²) in [6.45, 7) is 3.84. The molecule has 0 fully saturated rings. The molecule has 1 heterocycles. The number of aryl methyl sites for hydroxylation is 1. The Morgan fingerprint density at radius 3 is 2.59 bits per heavy atom. The first-order chi connectivity index (χ1) is 8.04. The van der Waals surface area contributed by atoms with Crippen LogP contribution in [0.3, 0.4) is 0 Å². The molecule has 0 N–H and O–H groups in total. The van der Waals surface area contributed by atoms with Crippen molar-refractivity contribution in [2.45, 2.75) is 13.8 Å². The molecule has 2 aromatic rings. The molecule has 0 spiro atoms. The molecule has 0 unspecified atom stereocenters. The van der Waals surface area contributed by atoms with Crippen molar-refractivity contribution in [3.05, 3.63) is 44.5 Å². The predicted molar refractivity (Wildman–Crippen MR) is 70.4 cm³/mol. The summed E-state index contributed by atoms with van der Waals surface area (Å²) in [5.74, 6) is -0.521. The number of rotatable bonds is 1. The molecule has 0 bridgehead atoms. The Hall–Kier alpha value is -1.42. The maximum absolute atomic E-state index is 13.5.